The number of rotatable bonds is 2. The van der Waals surface area contributed by atoms with Crippen LogP contribution in [0.5, 0.6) is 5.75 Å². The average Bonchev–Trinajstić information content (AvgIpc) is 2.29. The zero-order valence-electron chi connectivity index (χ0n) is 10.6. The fourth-order valence-corrected chi connectivity index (χ4v) is 2.20. The van der Waals surface area contributed by atoms with E-state index in [-0.39, 0.29) is 0 Å². The number of aromatic hydroxyl groups is 1. The van der Waals surface area contributed by atoms with Gasteiger partial charge in [0.15, 0.2) is 0 Å². The van der Waals surface area contributed by atoms with Crippen LogP contribution in [0.3, 0.4) is 0 Å². The Morgan fingerprint density at radius 1 is 0.941 bits per heavy atom. The van der Waals surface area contributed by atoms with Crippen molar-refractivity contribution in [3.63, 3.8) is 0 Å². The number of benzene rings is 2. The van der Waals surface area contributed by atoms with Crippen molar-refractivity contribution in [2.45, 2.75) is 26.7 Å². The van der Waals surface area contributed by atoms with Crippen LogP contribution in [0, 0.1) is 6.92 Å². The Hall–Kier alpha value is -1.76. The maximum Gasteiger partial charge on any atom is 0.115 e. The molecule has 0 atom stereocenters. The molecule has 0 bridgehead atoms. The zero-order valence-corrected chi connectivity index (χ0v) is 10.6. The first-order chi connectivity index (χ1) is 8.09. The molecule has 1 heteroatoms. The van der Waals surface area contributed by atoms with Crippen molar-refractivity contribution in [2.24, 2.45) is 0 Å². The van der Waals surface area contributed by atoms with Gasteiger partial charge in [0.1, 0.15) is 5.75 Å². The molecule has 0 aliphatic carbocycles. The van der Waals surface area contributed by atoms with Gasteiger partial charge in [-0.15, -0.1) is 0 Å². The van der Waals surface area contributed by atoms with Crippen molar-refractivity contribution >= 4 is 0 Å². The van der Waals surface area contributed by atoms with Crippen LogP contribution < -0.4 is 0 Å². The molecule has 0 aliphatic rings. The molecule has 0 saturated heterocycles. The second-order valence-electron chi connectivity index (χ2n) is 4.74. The van der Waals surface area contributed by atoms with E-state index in [1.54, 1.807) is 6.07 Å². The number of hydrogen-bond acceptors (Lipinski definition) is 1. The van der Waals surface area contributed by atoms with E-state index in [0.29, 0.717) is 11.7 Å². The van der Waals surface area contributed by atoms with E-state index < -0.39 is 0 Å². The van der Waals surface area contributed by atoms with E-state index >= 15 is 0 Å². The molecule has 0 aromatic heterocycles. The van der Waals surface area contributed by atoms with Crippen LogP contribution in [0.25, 0.3) is 11.1 Å². The first-order valence-electron chi connectivity index (χ1n) is 5.98. The van der Waals surface area contributed by atoms with Gasteiger partial charge in [-0.3, -0.25) is 0 Å². The van der Waals surface area contributed by atoms with Crippen LogP contribution in [0.4, 0.5) is 0 Å². The molecule has 0 saturated carbocycles. The van der Waals surface area contributed by atoms with Gasteiger partial charge in [-0.2, -0.15) is 0 Å². The highest BCUT2D eigenvalue weighted by Gasteiger charge is 2.09. The summed E-state index contributed by atoms with van der Waals surface area (Å²) in [4.78, 5) is 0. The standard InChI is InChI=1S/C16H18O/c1-11(2)14-6-4-5-7-16(14)15-9-8-13(17)10-12(15)3/h4-11,17H,1-3H3. The molecule has 2 rings (SSSR count). The second kappa shape index (κ2) is 4.62. The third-order valence-electron chi connectivity index (χ3n) is 3.08. The normalized spacial score (nSPS) is 10.8. The maximum absolute atomic E-state index is 9.46. The minimum absolute atomic E-state index is 0.327. The van der Waals surface area contributed by atoms with Crippen LogP contribution in [-0.2, 0) is 0 Å². The highest BCUT2D eigenvalue weighted by atomic mass is 16.3. The third-order valence-corrected chi connectivity index (χ3v) is 3.08. The summed E-state index contributed by atoms with van der Waals surface area (Å²) in [5.74, 6) is 0.827. The SMILES string of the molecule is Cc1cc(O)ccc1-c1ccccc1C(C)C. The number of hydrogen-bond donors (Lipinski definition) is 1. The van der Waals surface area contributed by atoms with E-state index in [9.17, 15) is 5.11 Å². The van der Waals surface area contributed by atoms with E-state index in [0.717, 1.165) is 5.56 Å². The van der Waals surface area contributed by atoms with Crippen molar-refractivity contribution in [1.82, 2.24) is 0 Å². The van der Waals surface area contributed by atoms with E-state index in [2.05, 4.69) is 38.1 Å². The lowest BCUT2D eigenvalue weighted by molar-refractivity contribution is 0.475. The molecule has 0 spiro atoms. The van der Waals surface area contributed by atoms with Crippen molar-refractivity contribution < 1.29 is 5.11 Å². The van der Waals surface area contributed by atoms with Crippen LogP contribution in [0.2, 0.25) is 0 Å². The van der Waals surface area contributed by atoms with Gasteiger partial charge in [0.05, 0.1) is 0 Å². The predicted octanol–water partition coefficient (Wildman–Crippen LogP) is 4.49. The smallest absolute Gasteiger partial charge is 0.115 e. The monoisotopic (exact) mass is 226 g/mol. The first kappa shape index (κ1) is 11.7. The molecule has 0 heterocycles. The summed E-state index contributed by atoms with van der Waals surface area (Å²) in [7, 11) is 0. The quantitative estimate of drug-likeness (QED) is 0.799. The van der Waals surface area contributed by atoms with Gasteiger partial charge in [0, 0.05) is 0 Å². The van der Waals surface area contributed by atoms with Crippen LogP contribution >= 0.6 is 0 Å². The summed E-state index contributed by atoms with van der Waals surface area (Å²) in [5, 5.41) is 9.46. The Kier molecular flexibility index (Phi) is 3.19. The van der Waals surface area contributed by atoms with Crippen LogP contribution in [-0.4, -0.2) is 5.11 Å². The molecule has 0 amide bonds. The summed E-state index contributed by atoms with van der Waals surface area (Å²) < 4.78 is 0. The summed E-state index contributed by atoms with van der Waals surface area (Å²) in [6.07, 6.45) is 0. The highest BCUT2D eigenvalue weighted by molar-refractivity contribution is 5.71. The van der Waals surface area contributed by atoms with Gasteiger partial charge >= 0.3 is 0 Å². The summed E-state index contributed by atoms with van der Waals surface area (Å²) in [5.41, 5.74) is 4.92. The van der Waals surface area contributed by atoms with Gasteiger partial charge < -0.3 is 5.11 Å². The van der Waals surface area contributed by atoms with Gasteiger partial charge in [-0.25, -0.2) is 0 Å². The maximum atomic E-state index is 9.46. The molecule has 88 valence electrons. The third kappa shape index (κ3) is 2.33. The van der Waals surface area contributed by atoms with E-state index in [1.165, 1.54) is 16.7 Å². The second-order valence-corrected chi connectivity index (χ2v) is 4.74. The summed E-state index contributed by atoms with van der Waals surface area (Å²) >= 11 is 0. The Balaban J connectivity index is 2.60. The molecule has 0 unspecified atom stereocenters. The minimum atomic E-state index is 0.327. The van der Waals surface area contributed by atoms with Crippen molar-refractivity contribution in [3.8, 4) is 16.9 Å². The van der Waals surface area contributed by atoms with Crippen LogP contribution in [0.15, 0.2) is 42.5 Å². The lowest BCUT2D eigenvalue weighted by Gasteiger charge is -2.14. The molecule has 17 heavy (non-hydrogen) atoms. The fraction of sp³-hybridized carbons (Fsp3) is 0.250. The molecule has 1 nitrogen and oxygen atoms in total. The van der Waals surface area contributed by atoms with Crippen molar-refractivity contribution in [1.29, 1.82) is 0 Å². The first-order valence-corrected chi connectivity index (χ1v) is 5.98. The molecule has 0 fully saturated rings. The fourth-order valence-electron chi connectivity index (χ4n) is 2.20. The largest absolute Gasteiger partial charge is 0.508 e. The highest BCUT2D eigenvalue weighted by Crippen LogP contribution is 2.32. The molecule has 2 aromatic carbocycles. The van der Waals surface area contributed by atoms with Gasteiger partial charge in [-0.05, 0) is 47.2 Å². The van der Waals surface area contributed by atoms with Crippen molar-refractivity contribution in [2.75, 3.05) is 0 Å². The summed E-state index contributed by atoms with van der Waals surface area (Å²) in [6.45, 7) is 6.44. The molecule has 1 N–H and O–H groups in total. The Morgan fingerprint density at radius 2 is 1.65 bits per heavy atom. The number of aryl methyl sites for hydroxylation is 1. The van der Waals surface area contributed by atoms with E-state index in [1.807, 2.05) is 19.1 Å². The van der Waals surface area contributed by atoms with Gasteiger partial charge in [0.25, 0.3) is 0 Å². The molecule has 2 aromatic rings. The lowest BCUT2D eigenvalue weighted by atomic mass is 9.90. The Morgan fingerprint density at radius 3 is 2.29 bits per heavy atom. The lowest BCUT2D eigenvalue weighted by Crippen LogP contribution is -1.93. The number of phenolic OH excluding ortho intramolecular Hbond substituents is 1. The molecular weight excluding hydrogens is 208 g/mol. The van der Waals surface area contributed by atoms with Crippen LogP contribution in [0.1, 0.15) is 30.9 Å². The van der Waals surface area contributed by atoms with E-state index in [4.69, 9.17) is 0 Å². The molecule has 0 radical (unpaired) electrons. The van der Waals surface area contributed by atoms with Gasteiger partial charge in [-0.1, -0.05) is 44.2 Å². The zero-order chi connectivity index (χ0) is 12.4. The Bertz CT molecular complexity index is 527. The topological polar surface area (TPSA) is 20.2 Å². The number of phenols is 1. The van der Waals surface area contributed by atoms with Crippen molar-refractivity contribution in [3.05, 3.63) is 53.6 Å². The Labute approximate surface area is 103 Å². The average molecular weight is 226 g/mol. The minimum Gasteiger partial charge on any atom is -0.508 e. The summed E-state index contributed by atoms with van der Waals surface area (Å²) in [6, 6.07) is 14.0. The predicted molar refractivity (Wildman–Crippen MR) is 72.4 cm³/mol. The van der Waals surface area contributed by atoms with Gasteiger partial charge in [0.2, 0.25) is 0 Å². The molecular formula is C16H18O. The molecule has 0 aliphatic heterocycles.